The Morgan fingerprint density at radius 3 is 1.60 bits per heavy atom. The number of hydrogen-bond donors (Lipinski definition) is 0. The second-order valence-electron chi connectivity index (χ2n) is 16.1. The summed E-state index contributed by atoms with van der Waals surface area (Å²) in [6, 6.07) is 38.9. The van der Waals surface area contributed by atoms with Gasteiger partial charge < -0.3 is 24.8 Å². The summed E-state index contributed by atoms with van der Waals surface area (Å²) < 4.78 is 1.79. The van der Waals surface area contributed by atoms with E-state index in [0.717, 1.165) is 6.42 Å². The predicted octanol–water partition coefficient (Wildman–Crippen LogP) is 8.10. The van der Waals surface area contributed by atoms with Crippen LogP contribution < -0.4 is 24.8 Å². The Morgan fingerprint density at radius 2 is 1.13 bits per heavy atom. The molecule has 0 fully saturated rings. The summed E-state index contributed by atoms with van der Waals surface area (Å²) in [6.07, 6.45) is 9.25. The van der Waals surface area contributed by atoms with Gasteiger partial charge in [-0.3, -0.25) is 0 Å². The Kier molecular flexibility index (Phi) is 18.3. The smallest absolute Gasteiger partial charge is 0.0126 e. The Balaban J connectivity index is 0.000000462. The molecule has 1 aliphatic carbocycles. The van der Waals surface area contributed by atoms with Crippen LogP contribution in [0.4, 0.5) is 0 Å². The molecule has 0 amide bonds. The molecule has 0 atom stereocenters. The second-order valence-corrected chi connectivity index (χ2v) is 17.8. The molecule has 0 saturated heterocycles. The van der Waals surface area contributed by atoms with Crippen LogP contribution in [0.5, 0.6) is 0 Å². The van der Waals surface area contributed by atoms with Crippen LogP contribution in [0.2, 0.25) is 0 Å². The molecule has 0 saturated carbocycles. The summed E-state index contributed by atoms with van der Waals surface area (Å²) in [6.45, 7) is 22.9. The second kappa shape index (κ2) is 20.9. The van der Waals surface area contributed by atoms with Gasteiger partial charge in [-0.25, -0.2) is 12.1 Å². The molecule has 0 spiro atoms. The standard InChI is InChI=1S/C35H37.C9H18.C5H5.2ClH.Zr/c1-22-13-9-11-15-26(22)30-18-24-17-25-19-31(27-16-12-10-14-23(27)2)33(35(6,7)8)21-29(25)28(24)20-32(30)34(3,4)5;1-3-5-7-9-8-6-4-2;1-2-4-5-3-1;;;/h9-16,18,20-21H,17H2,1-8H3;3-8H2,1-2H3;1-5H;2*1H;/q-1;;-1;;;+2/p-2. The molecule has 3 heteroatoms. The SMILES string of the molecule is CCCC[C](=[Zr+2])CCCC.Cc1ccccc1-c1[c-]c2c(cc1C(C)(C)C)-c1cc(C(C)(C)C)c(-c3ccccc3C)cc1C2.[Cl-].[Cl-].c1cc[cH-]c1. The molecular weight excluding hydrogens is 751 g/mol. The summed E-state index contributed by atoms with van der Waals surface area (Å²) >= 11 is 1.67. The Morgan fingerprint density at radius 1 is 0.635 bits per heavy atom. The van der Waals surface area contributed by atoms with E-state index in [4.69, 9.17) is 0 Å². The van der Waals surface area contributed by atoms with E-state index in [1.807, 2.05) is 30.3 Å². The topological polar surface area (TPSA) is 0 Å². The van der Waals surface area contributed by atoms with E-state index in [1.165, 1.54) is 105 Å². The molecule has 0 heterocycles. The Bertz CT molecular complexity index is 1710. The fourth-order valence-corrected chi connectivity index (χ4v) is 7.67. The normalized spacial score (nSPS) is 11.5. The van der Waals surface area contributed by atoms with Gasteiger partial charge in [-0.05, 0) is 58.9 Å². The fourth-order valence-electron chi connectivity index (χ4n) is 6.80. The van der Waals surface area contributed by atoms with E-state index in [0.29, 0.717) is 0 Å². The molecule has 5 aromatic rings. The van der Waals surface area contributed by atoms with Gasteiger partial charge in [0.1, 0.15) is 0 Å². The van der Waals surface area contributed by atoms with E-state index >= 15 is 0 Å². The van der Waals surface area contributed by atoms with Gasteiger partial charge in [0.15, 0.2) is 0 Å². The molecular formula is C49H60Cl2Zr-2. The molecule has 0 radical (unpaired) electrons. The van der Waals surface area contributed by atoms with E-state index < -0.39 is 0 Å². The van der Waals surface area contributed by atoms with Gasteiger partial charge in [0, 0.05) is 0 Å². The van der Waals surface area contributed by atoms with Crippen molar-refractivity contribution in [2.24, 2.45) is 0 Å². The van der Waals surface area contributed by atoms with Gasteiger partial charge in [0.25, 0.3) is 0 Å². The summed E-state index contributed by atoms with van der Waals surface area (Å²) in [7, 11) is 0. The summed E-state index contributed by atoms with van der Waals surface area (Å²) in [5.74, 6) is 0. The van der Waals surface area contributed by atoms with Crippen molar-refractivity contribution in [1.29, 1.82) is 0 Å². The third-order valence-electron chi connectivity index (χ3n) is 9.75. The number of rotatable bonds is 8. The van der Waals surface area contributed by atoms with Crippen molar-refractivity contribution in [3.8, 4) is 33.4 Å². The van der Waals surface area contributed by atoms with E-state index in [9.17, 15) is 0 Å². The van der Waals surface area contributed by atoms with Crippen molar-refractivity contribution in [3.05, 3.63) is 137 Å². The molecule has 0 bridgehead atoms. The summed E-state index contributed by atoms with van der Waals surface area (Å²) in [4.78, 5) is 0. The zero-order valence-corrected chi connectivity index (χ0v) is 37.4. The quantitative estimate of drug-likeness (QED) is 0.137. The molecule has 1 aliphatic rings. The van der Waals surface area contributed by atoms with Crippen molar-refractivity contribution < 1.29 is 49.0 Å². The van der Waals surface area contributed by atoms with Crippen molar-refractivity contribution in [3.63, 3.8) is 0 Å². The molecule has 6 rings (SSSR count). The minimum atomic E-state index is 0. The van der Waals surface area contributed by atoms with E-state index in [-0.39, 0.29) is 35.6 Å². The molecule has 0 N–H and O–H groups in total. The van der Waals surface area contributed by atoms with Gasteiger partial charge in [-0.2, -0.15) is 18.2 Å². The number of fused-ring (bicyclic) bond motifs is 3. The Labute approximate surface area is 344 Å². The van der Waals surface area contributed by atoms with Crippen molar-refractivity contribution in [2.75, 3.05) is 0 Å². The van der Waals surface area contributed by atoms with Gasteiger partial charge in [0.2, 0.25) is 0 Å². The van der Waals surface area contributed by atoms with Crippen LogP contribution >= 0.6 is 0 Å². The maximum Gasteiger partial charge on any atom is -0.0126 e. The number of hydrogen-bond acceptors (Lipinski definition) is 0. The van der Waals surface area contributed by atoms with E-state index in [1.54, 1.807) is 27.4 Å². The van der Waals surface area contributed by atoms with Crippen LogP contribution in [-0.2, 0) is 41.5 Å². The largest absolute Gasteiger partial charge is 1.00 e. The molecule has 52 heavy (non-hydrogen) atoms. The molecule has 5 aromatic carbocycles. The average Bonchev–Trinajstić information content (AvgIpc) is 3.77. The van der Waals surface area contributed by atoms with Crippen molar-refractivity contribution in [2.45, 2.75) is 125 Å². The maximum absolute atomic E-state index is 3.93. The molecule has 0 aliphatic heterocycles. The van der Waals surface area contributed by atoms with Crippen LogP contribution in [0.1, 0.15) is 127 Å². The molecule has 276 valence electrons. The minimum Gasteiger partial charge on any atom is -1.00 e. The first-order valence-corrected chi connectivity index (χ1v) is 20.1. The first-order chi connectivity index (χ1) is 23.8. The third kappa shape index (κ3) is 12.0. The number of unbranched alkanes of at least 4 members (excludes halogenated alkanes) is 2. The van der Waals surface area contributed by atoms with Crippen LogP contribution in [-0.4, -0.2) is 3.21 Å². The van der Waals surface area contributed by atoms with E-state index in [2.05, 4.69) is 142 Å². The zero-order valence-electron chi connectivity index (χ0n) is 33.4. The Hall–Kier alpha value is -2.44. The number of benzene rings is 4. The monoisotopic (exact) mass is 808 g/mol. The fraction of sp³-hybridized carbons (Fsp3) is 0.388. The first kappa shape index (κ1) is 45.7. The number of aryl methyl sites for hydroxylation is 2. The molecule has 0 nitrogen and oxygen atoms in total. The maximum atomic E-state index is 3.93. The van der Waals surface area contributed by atoms with Gasteiger partial charge in [-0.1, -0.05) is 124 Å². The summed E-state index contributed by atoms with van der Waals surface area (Å²) in [5, 5.41) is 0. The first-order valence-electron chi connectivity index (χ1n) is 18.9. The average molecular weight is 811 g/mol. The van der Waals surface area contributed by atoms with Crippen LogP contribution in [0.25, 0.3) is 33.4 Å². The van der Waals surface area contributed by atoms with Gasteiger partial charge in [0.05, 0.1) is 0 Å². The third-order valence-corrected chi connectivity index (χ3v) is 11.0. The van der Waals surface area contributed by atoms with Gasteiger partial charge in [-0.15, -0.1) is 28.8 Å². The van der Waals surface area contributed by atoms with Crippen LogP contribution in [0, 0.1) is 19.9 Å². The minimum absolute atomic E-state index is 0. The summed E-state index contributed by atoms with van der Waals surface area (Å²) in [5.41, 5.74) is 16.3. The van der Waals surface area contributed by atoms with Crippen molar-refractivity contribution in [1.82, 2.24) is 0 Å². The van der Waals surface area contributed by atoms with Crippen LogP contribution in [0.15, 0.2) is 97.1 Å². The predicted molar refractivity (Wildman–Crippen MR) is 217 cm³/mol. The van der Waals surface area contributed by atoms with Gasteiger partial charge >= 0.3 is 79.8 Å². The van der Waals surface area contributed by atoms with Crippen molar-refractivity contribution >= 4 is 3.21 Å². The zero-order chi connectivity index (χ0) is 36.5. The molecule has 0 unspecified atom stereocenters. The van der Waals surface area contributed by atoms with Crippen LogP contribution in [0.3, 0.4) is 0 Å². The number of halogens is 2. The molecule has 0 aromatic heterocycles.